The van der Waals surface area contributed by atoms with Crippen LogP contribution < -0.4 is 4.74 Å². The fourth-order valence-electron chi connectivity index (χ4n) is 1.57. The number of rotatable bonds is 1. The summed E-state index contributed by atoms with van der Waals surface area (Å²) in [5.74, 6) is -0.0200. The second kappa shape index (κ2) is 3.50. The number of carbonyl (C=O) groups is 1. The summed E-state index contributed by atoms with van der Waals surface area (Å²) in [6, 6.07) is 5.33. The van der Waals surface area contributed by atoms with Gasteiger partial charge in [0.15, 0.2) is 0 Å². The first-order chi connectivity index (χ1) is 6.74. The molecular weight excluding hydrogens is 204 g/mol. The summed E-state index contributed by atoms with van der Waals surface area (Å²) in [6.45, 7) is 0.311. The Bertz CT molecular complexity index is 376. The standard InChI is InChI=1S/C10H9ClO3/c1-13-10(12)6-5-14-8-4-2-3-7(11)9(6)8/h2-4,6H,5H2,1H3. The minimum atomic E-state index is -0.385. The molecule has 0 saturated heterocycles. The molecule has 1 unspecified atom stereocenters. The van der Waals surface area contributed by atoms with Crippen molar-refractivity contribution in [2.24, 2.45) is 0 Å². The zero-order chi connectivity index (χ0) is 10.1. The lowest BCUT2D eigenvalue weighted by molar-refractivity contribution is -0.142. The first-order valence-corrected chi connectivity index (χ1v) is 4.61. The van der Waals surface area contributed by atoms with E-state index in [9.17, 15) is 4.79 Å². The van der Waals surface area contributed by atoms with E-state index in [1.54, 1.807) is 18.2 Å². The lowest BCUT2D eigenvalue weighted by Gasteiger charge is -2.06. The Hall–Kier alpha value is -1.22. The molecule has 0 aliphatic carbocycles. The smallest absolute Gasteiger partial charge is 0.316 e. The highest BCUT2D eigenvalue weighted by atomic mass is 35.5. The second-order valence-corrected chi connectivity index (χ2v) is 3.45. The normalized spacial score (nSPS) is 18.6. The molecule has 0 aromatic heterocycles. The molecule has 0 fully saturated rings. The van der Waals surface area contributed by atoms with Crippen LogP contribution in [0.15, 0.2) is 18.2 Å². The maximum atomic E-state index is 11.4. The maximum Gasteiger partial charge on any atom is 0.316 e. The fraction of sp³-hybridized carbons (Fsp3) is 0.300. The maximum absolute atomic E-state index is 11.4. The predicted octanol–water partition coefficient (Wildman–Crippen LogP) is 1.99. The summed E-state index contributed by atoms with van der Waals surface area (Å²) in [5.41, 5.74) is 0.737. The molecule has 0 N–H and O–H groups in total. The number of halogens is 1. The summed E-state index contributed by atoms with van der Waals surface area (Å²) < 4.78 is 10.00. The van der Waals surface area contributed by atoms with Gasteiger partial charge in [-0.05, 0) is 12.1 Å². The SMILES string of the molecule is COC(=O)C1COc2cccc(Cl)c21. The molecule has 2 rings (SSSR count). The molecule has 0 bridgehead atoms. The zero-order valence-electron chi connectivity index (χ0n) is 7.62. The lowest BCUT2D eigenvalue weighted by Crippen LogP contribution is -2.15. The quantitative estimate of drug-likeness (QED) is 0.668. The average molecular weight is 213 g/mol. The van der Waals surface area contributed by atoms with Gasteiger partial charge in [0.05, 0.1) is 7.11 Å². The third-order valence-electron chi connectivity index (χ3n) is 2.25. The Labute approximate surface area is 86.6 Å². The highest BCUT2D eigenvalue weighted by Crippen LogP contribution is 2.39. The van der Waals surface area contributed by atoms with Crippen LogP contribution in [-0.4, -0.2) is 19.7 Å². The van der Waals surface area contributed by atoms with E-state index in [1.807, 2.05) is 0 Å². The summed E-state index contributed by atoms with van der Waals surface area (Å²) >= 11 is 5.98. The molecule has 1 aromatic rings. The highest BCUT2D eigenvalue weighted by Gasteiger charge is 2.33. The molecule has 0 radical (unpaired) electrons. The minimum Gasteiger partial charge on any atom is -0.492 e. The predicted molar refractivity (Wildman–Crippen MR) is 51.7 cm³/mol. The molecule has 74 valence electrons. The van der Waals surface area contributed by atoms with Gasteiger partial charge in [0, 0.05) is 10.6 Å². The van der Waals surface area contributed by atoms with Gasteiger partial charge in [0.25, 0.3) is 0 Å². The topological polar surface area (TPSA) is 35.5 Å². The van der Waals surface area contributed by atoms with Crippen LogP contribution in [0.5, 0.6) is 5.75 Å². The highest BCUT2D eigenvalue weighted by molar-refractivity contribution is 6.32. The molecule has 0 saturated carbocycles. The molecule has 4 heteroatoms. The number of hydrogen-bond donors (Lipinski definition) is 0. The second-order valence-electron chi connectivity index (χ2n) is 3.04. The Morgan fingerprint density at radius 1 is 1.64 bits per heavy atom. The number of hydrogen-bond acceptors (Lipinski definition) is 3. The van der Waals surface area contributed by atoms with E-state index in [0.29, 0.717) is 17.4 Å². The number of carbonyl (C=O) groups excluding carboxylic acids is 1. The van der Waals surface area contributed by atoms with E-state index in [2.05, 4.69) is 4.74 Å². The van der Waals surface area contributed by atoms with E-state index >= 15 is 0 Å². The van der Waals surface area contributed by atoms with Gasteiger partial charge in [-0.1, -0.05) is 17.7 Å². The van der Waals surface area contributed by atoms with Gasteiger partial charge in [-0.2, -0.15) is 0 Å². The van der Waals surface area contributed by atoms with Crippen LogP contribution >= 0.6 is 11.6 Å². The molecule has 1 heterocycles. The fourth-order valence-corrected chi connectivity index (χ4v) is 1.86. The third kappa shape index (κ3) is 1.34. The van der Waals surface area contributed by atoms with Crippen LogP contribution in [0.25, 0.3) is 0 Å². The molecular formula is C10H9ClO3. The van der Waals surface area contributed by atoms with Crippen LogP contribution in [-0.2, 0) is 9.53 Å². The van der Waals surface area contributed by atoms with Crippen LogP contribution in [0.2, 0.25) is 5.02 Å². The number of methoxy groups -OCH3 is 1. The van der Waals surface area contributed by atoms with E-state index in [4.69, 9.17) is 16.3 Å². The summed E-state index contributed by atoms with van der Waals surface area (Å²) in [6.07, 6.45) is 0. The van der Waals surface area contributed by atoms with Crippen LogP contribution in [0.4, 0.5) is 0 Å². The number of esters is 1. The Balaban J connectivity index is 2.43. The summed E-state index contributed by atoms with van der Waals surface area (Å²) in [7, 11) is 1.36. The Morgan fingerprint density at radius 2 is 2.43 bits per heavy atom. The molecule has 1 aromatic carbocycles. The van der Waals surface area contributed by atoms with Gasteiger partial charge in [-0.15, -0.1) is 0 Å². The summed E-state index contributed by atoms with van der Waals surface area (Å²) in [5, 5.41) is 0.551. The van der Waals surface area contributed by atoms with Crippen molar-refractivity contribution in [2.75, 3.05) is 13.7 Å². The summed E-state index contributed by atoms with van der Waals surface area (Å²) in [4.78, 5) is 11.4. The van der Waals surface area contributed by atoms with Gasteiger partial charge < -0.3 is 9.47 Å². The van der Waals surface area contributed by atoms with Gasteiger partial charge in [-0.25, -0.2) is 0 Å². The van der Waals surface area contributed by atoms with Gasteiger partial charge in [-0.3, -0.25) is 4.79 Å². The van der Waals surface area contributed by atoms with Gasteiger partial charge in [0.1, 0.15) is 18.3 Å². The largest absolute Gasteiger partial charge is 0.492 e. The third-order valence-corrected chi connectivity index (χ3v) is 2.58. The van der Waals surface area contributed by atoms with Crippen LogP contribution in [0.1, 0.15) is 11.5 Å². The zero-order valence-corrected chi connectivity index (χ0v) is 8.38. The lowest BCUT2D eigenvalue weighted by atomic mass is 10.0. The van der Waals surface area contributed by atoms with Crippen molar-refractivity contribution in [2.45, 2.75) is 5.92 Å². The molecule has 1 aliphatic rings. The van der Waals surface area contributed by atoms with Gasteiger partial charge >= 0.3 is 5.97 Å². The van der Waals surface area contributed by atoms with Crippen molar-refractivity contribution in [3.05, 3.63) is 28.8 Å². The van der Waals surface area contributed by atoms with E-state index in [-0.39, 0.29) is 11.9 Å². The van der Waals surface area contributed by atoms with E-state index < -0.39 is 0 Å². The first-order valence-electron chi connectivity index (χ1n) is 4.23. The van der Waals surface area contributed by atoms with Crippen LogP contribution in [0, 0.1) is 0 Å². The Kier molecular flexibility index (Phi) is 2.33. The monoisotopic (exact) mass is 212 g/mol. The van der Waals surface area contributed by atoms with Crippen LogP contribution in [0.3, 0.4) is 0 Å². The Morgan fingerprint density at radius 3 is 3.14 bits per heavy atom. The molecule has 0 spiro atoms. The van der Waals surface area contributed by atoms with Gasteiger partial charge in [0.2, 0.25) is 0 Å². The van der Waals surface area contributed by atoms with Crippen molar-refractivity contribution in [3.8, 4) is 5.75 Å². The van der Waals surface area contributed by atoms with E-state index in [1.165, 1.54) is 7.11 Å². The van der Waals surface area contributed by atoms with E-state index in [0.717, 1.165) is 5.56 Å². The number of fused-ring (bicyclic) bond motifs is 1. The number of benzene rings is 1. The average Bonchev–Trinajstić information content (AvgIpc) is 2.62. The van der Waals surface area contributed by atoms with Crippen molar-refractivity contribution in [3.63, 3.8) is 0 Å². The van der Waals surface area contributed by atoms with Crippen molar-refractivity contribution < 1.29 is 14.3 Å². The molecule has 3 nitrogen and oxygen atoms in total. The van der Waals surface area contributed by atoms with Crippen molar-refractivity contribution >= 4 is 17.6 Å². The molecule has 1 atom stereocenters. The number of ether oxygens (including phenoxy) is 2. The van der Waals surface area contributed by atoms with Crippen molar-refractivity contribution in [1.29, 1.82) is 0 Å². The minimum absolute atomic E-state index is 0.308. The molecule has 1 aliphatic heterocycles. The molecule has 14 heavy (non-hydrogen) atoms. The first kappa shape index (κ1) is 9.34. The molecule has 0 amide bonds. The van der Waals surface area contributed by atoms with Crippen molar-refractivity contribution in [1.82, 2.24) is 0 Å².